The minimum atomic E-state index is -0.639. The third-order valence-corrected chi connectivity index (χ3v) is 9.65. The number of nitrogens with zero attached hydrogens (tertiary/aromatic N) is 5. The molecule has 0 spiro atoms. The normalized spacial score (nSPS) is 13.3. The number of carbonyl (C=O) groups excluding carboxylic acids is 4. The monoisotopic (exact) mass is 769 g/mol. The van der Waals surface area contributed by atoms with Crippen LogP contribution < -0.4 is 25.0 Å². The number of rotatable bonds is 14. The van der Waals surface area contributed by atoms with Crippen molar-refractivity contribution in [2.45, 2.75) is 65.5 Å². The molecule has 300 valence electrons. The number of aromatic nitrogens is 2. The van der Waals surface area contributed by atoms with Crippen LogP contribution in [-0.2, 0) is 23.1 Å². The van der Waals surface area contributed by atoms with Crippen LogP contribution in [0.3, 0.4) is 0 Å². The van der Waals surface area contributed by atoms with Crippen molar-refractivity contribution in [3.8, 4) is 11.5 Å². The minimum absolute atomic E-state index is 0.107. The molecule has 1 aliphatic rings. The largest absolute Gasteiger partial charge is 0.495 e. The Morgan fingerprint density at radius 1 is 0.911 bits per heavy atom. The Bertz CT molecular complexity index is 2050. The summed E-state index contributed by atoms with van der Waals surface area (Å²) >= 11 is 0. The predicted molar refractivity (Wildman–Crippen MR) is 217 cm³/mol. The first-order chi connectivity index (χ1) is 26.6. The standard InChI is InChI=1S/C42H55N7O7/c1-28-16-19-33(35(25-28)55-24-11-9-10-15-37(50)49-22-20-46(5)21-23-49)47(6)40(52)29-17-18-31(34(26-29)54-8)45-39(51)30-13-12-14-32-38(30)48(7)36(44-32)27-43-41(53)56-42(2,3)4/h12-14,16-19,25-26H,9-11,15,20-24,27H2,1-8H3,(H,43,53)(H,45,51). The molecule has 1 saturated heterocycles. The van der Waals surface area contributed by atoms with Crippen LogP contribution in [0.4, 0.5) is 16.2 Å². The van der Waals surface area contributed by atoms with Gasteiger partial charge in [0.05, 0.1) is 48.2 Å². The molecule has 5 rings (SSSR count). The number of aryl methyl sites for hydroxylation is 2. The molecule has 4 amide bonds. The number of imidazole rings is 1. The van der Waals surface area contributed by atoms with Crippen molar-refractivity contribution < 1.29 is 33.4 Å². The first-order valence-corrected chi connectivity index (χ1v) is 19.0. The lowest BCUT2D eigenvalue weighted by Crippen LogP contribution is -2.47. The van der Waals surface area contributed by atoms with Crippen LogP contribution in [0.15, 0.2) is 54.6 Å². The molecule has 14 heteroatoms. The fourth-order valence-corrected chi connectivity index (χ4v) is 6.51. The molecule has 0 unspecified atom stereocenters. The maximum absolute atomic E-state index is 13.8. The molecule has 0 atom stereocenters. The maximum atomic E-state index is 13.8. The first-order valence-electron chi connectivity index (χ1n) is 19.0. The smallest absolute Gasteiger partial charge is 0.408 e. The lowest BCUT2D eigenvalue weighted by Gasteiger charge is -2.32. The van der Waals surface area contributed by atoms with Crippen LogP contribution in [0.25, 0.3) is 11.0 Å². The Morgan fingerprint density at radius 3 is 2.38 bits per heavy atom. The Morgan fingerprint density at radius 2 is 1.66 bits per heavy atom. The third-order valence-electron chi connectivity index (χ3n) is 9.65. The number of carbonyl (C=O) groups is 4. The Kier molecular flexibility index (Phi) is 13.6. The van der Waals surface area contributed by atoms with Crippen molar-refractivity contribution in [2.24, 2.45) is 7.05 Å². The highest BCUT2D eigenvalue weighted by Gasteiger charge is 2.23. The Hall–Kier alpha value is -5.63. The second-order valence-corrected chi connectivity index (χ2v) is 15.2. The summed E-state index contributed by atoms with van der Waals surface area (Å²) in [5.74, 6) is 0.979. The average molecular weight is 770 g/mol. The van der Waals surface area contributed by atoms with Gasteiger partial charge in [0.25, 0.3) is 11.8 Å². The highest BCUT2D eigenvalue weighted by atomic mass is 16.6. The fourth-order valence-electron chi connectivity index (χ4n) is 6.51. The van der Waals surface area contributed by atoms with E-state index < -0.39 is 17.6 Å². The van der Waals surface area contributed by atoms with E-state index in [0.717, 1.165) is 51.0 Å². The van der Waals surface area contributed by atoms with Crippen molar-refractivity contribution in [3.05, 3.63) is 77.1 Å². The van der Waals surface area contributed by atoms with Crippen LogP contribution in [0.5, 0.6) is 11.5 Å². The maximum Gasteiger partial charge on any atom is 0.408 e. The number of anilines is 2. The highest BCUT2D eigenvalue weighted by Crippen LogP contribution is 2.32. The molecule has 0 saturated carbocycles. The van der Waals surface area contributed by atoms with Gasteiger partial charge in [-0.3, -0.25) is 14.4 Å². The summed E-state index contributed by atoms with van der Waals surface area (Å²) in [4.78, 5) is 62.7. The molecule has 2 N–H and O–H groups in total. The fraction of sp³-hybridized carbons (Fsp3) is 0.452. The van der Waals surface area contributed by atoms with Crippen LogP contribution >= 0.6 is 0 Å². The van der Waals surface area contributed by atoms with Crippen molar-refractivity contribution in [3.63, 3.8) is 0 Å². The zero-order valence-electron chi connectivity index (χ0n) is 33.9. The number of para-hydroxylation sites is 1. The van der Waals surface area contributed by atoms with Crippen molar-refractivity contribution >= 4 is 46.2 Å². The number of amides is 4. The molecular weight excluding hydrogens is 715 g/mol. The number of hydrogen-bond acceptors (Lipinski definition) is 9. The summed E-state index contributed by atoms with van der Waals surface area (Å²) in [5, 5.41) is 5.64. The van der Waals surface area contributed by atoms with Crippen LogP contribution in [0.2, 0.25) is 0 Å². The summed E-state index contributed by atoms with van der Waals surface area (Å²) in [6.07, 6.45) is 2.43. The topological polar surface area (TPSA) is 148 Å². The van der Waals surface area contributed by atoms with Crippen LogP contribution in [0.1, 0.15) is 78.6 Å². The van der Waals surface area contributed by atoms with Crippen LogP contribution in [-0.4, -0.2) is 103 Å². The van der Waals surface area contributed by atoms with Gasteiger partial charge >= 0.3 is 6.09 Å². The van der Waals surface area contributed by atoms with Crippen molar-refractivity contribution in [1.82, 2.24) is 24.7 Å². The Balaban J connectivity index is 1.21. The SMILES string of the molecule is COc1cc(C(=O)N(C)c2ccc(C)cc2OCCCCCC(=O)N2CCN(C)CC2)ccc1NC(=O)c1cccc2nc(CNC(=O)OC(C)(C)C)n(C)c12. The van der Waals surface area contributed by atoms with E-state index in [9.17, 15) is 19.2 Å². The summed E-state index contributed by atoms with van der Waals surface area (Å²) < 4.78 is 18.9. The molecule has 1 aromatic heterocycles. The lowest BCUT2D eigenvalue weighted by molar-refractivity contribution is -0.132. The van der Waals surface area contributed by atoms with Gasteiger partial charge in [-0.25, -0.2) is 9.78 Å². The molecule has 0 radical (unpaired) electrons. The van der Waals surface area contributed by atoms with Crippen LogP contribution in [0, 0.1) is 6.92 Å². The van der Waals surface area contributed by atoms with E-state index >= 15 is 0 Å². The third kappa shape index (κ3) is 10.6. The number of methoxy groups -OCH3 is 1. The molecular formula is C42H55N7O7. The number of hydrogen-bond donors (Lipinski definition) is 2. The molecule has 1 fully saturated rings. The van der Waals surface area contributed by atoms with Crippen molar-refractivity contribution in [1.29, 1.82) is 0 Å². The molecule has 1 aliphatic heterocycles. The highest BCUT2D eigenvalue weighted by molar-refractivity contribution is 6.13. The van der Waals surface area contributed by atoms with Gasteiger partial charge in [-0.05, 0) is 102 Å². The zero-order valence-corrected chi connectivity index (χ0v) is 33.9. The Labute approximate surface area is 329 Å². The van der Waals surface area contributed by atoms with Gasteiger partial charge < -0.3 is 44.1 Å². The molecule has 2 heterocycles. The van der Waals surface area contributed by atoms with Gasteiger partial charge in [-0.2, -0.15) is 0 Å². The molecule has 14 nitrogen and oxygen atoms in total. The number of benzene rings is 3. The second kappa shape index (κ2) is 18.3. The number of unbranched alkanes of at least 4 members (excludes halogenated alkanes) is 2. The van der Waals surface area contributed by atoms with E-state index in [4.69, 9.17) is 14.2 Å². The summed E-state index contributed by atoms with van der Waals surface area (Å²) in [6, 6.07) is 15.8. The van der Waals surface area contributed by atoms with Gasteiger partial charge in [0.2, 0.25) is 5.91 Å². The quantitative estimate of drug-likeness (QED) is 0.144. The summed E-state index contributed by atoms with van der Waals surface area (Å²) in [7, 11) is 7.02. The number of fused-ring (bicyclic) bond motifs is 1. The molecule has 56 heavy (non-hydrogen) atoms. The van der Waals surface area contributed by atoms with E-state index in [-0.39, 0.29) is 18.4 Å². The number of likely N-dealkylation sites (N-methyl/N-ethyl adjacent to an activating group) is 1. The predicted octanol–water partition coefficient (Wildman–Crippen LogP) is 6.16. The number of piperazine rings is 1. The van der Waals surface area contributed by atoms with E-state index in [1.165, 1.54) is 12.0 Å². The molecule has 4 aromatic rings. The van der Waals surface area contributed by atoms with E-state index in [1.54, 1.807) is 75.8 Å². The van der Waals surface area contributed by atoms with E-state index in [0.29, 0.717) is 63.9 Å². The first kappa shape index (κ1) is 41.5. The summed E-state index contributed by atoms with van der Waals surface area (Å²) in [5.41, 5.74) is 3.26. The van der Waals surface area contributed by atoms with Gasteiger partial charge in [0.1, 0.15) is 22.9 Å². The van der Waals surface area contributed by atoms with E-state index in [1.807, 2.05) is 30.0 Å². The second-order valence-electron chi connectivity index (χ2n) is 15.2. The molecule has 0 aliphatic carbocycles. The lowest BCUT2D eigenvalue weighted by atomic mass is 10.1. The average Bonchev–Trinajstić information content (AvgIpc) is 3.49. The van der Waals surface area contributed by atoms with Gasteiger partial charge in [-0.15, -0.1) is 0 Å². The number of nitrogens with one attached hydrogen (secondary N) is 2. The van der Waals surface area contributed by atoms with Gasteiger partial charge in [0.15, 0.2) is 0 Å². The van der Waals surface area contributed by atoms with Gasteiger partial charge in [0, 0.05) is 52.3 Å². The molecule has 0 bridgehead atoms. The van der Waals surface area contributed by atoms with Gasteiger partial charge in [-0.1, -0.05) is 12.1 Å². The number of ether oxygens (including phenoxy) is 3. The summed E-state index contributed by atoms with van der Waals surface area (Å²) in [6.45, 7) is 11.3. The zero-order chi connectivity index (χ0) is 40.6. The van der Waals surface area contributed by atoms with Crippen molar-refractivity contribution in [2.75, 3.05) is 64.2 Å². The minimum Gasteiger partial charge on any atom is -0.495 e. The molecule has 3 aromatic carbocycles. The number of alkyl carbamates (subject to hydrolysis) is 1. The van der Waals surface area contributed by atoms with E-state index in [2.05, 4.69) is 27.6 Å².